The van der Waals surface area contributed by atoms with Gasteiger partial charge in [-0.25, -0.2) is 9.96 Å². The molecule has 0 N–H and O–H groups in total. The van der Waals surface area contributed by atoms with Gasteiger partial charge in [0.15, 0.2) is 6.10 Å². The van der Waals surface area contributed by atoms with Crippen LogP contribution >= 0.6 is 0 Å². The monoisotopic (exact) mass is 428 g/mol. The van der Waals surface area contributed by atoms with E-state index in [1.165, 1.54) is 4.90 Å². The number of hydrogen-bond donors (Lipinski definition) is 0. The van der Waals surface area contributed by atoms with E-state index in [4.69, 9.17) is 9.57 Å². The van der Waals surface area contributed by atoms with E-state index in [0.29, 0.717) is 18.0 Å². The molecule has 5 rings (SSSR count). The van der Waals surface area contributed by atoms with Gasteiger partial charge in [-0.1, -0.05) is 48.5 Å². The van der Waals surface area contributed by atoms with Crippen LogP contribution in [0.4, 0.5) is 11.4 Å². The van der Waals surface area contributed by atoms with Crippen molar-refractivity contribution in [1.82, 2.24) is 0 Å². The minimum atomic E-state index is -1.09. The van der Waals surface area contributed by atoms with Crippen LogP contribution in [0.15, 0.2) is 84.9 Å². The maximum atomic E-state index is 13.9. The second-order valence-electron chi connectivity index (χ2n) is 8.15. The molecule has 0 saturated carbocycles. The number of benzene rings is 3. The zero-order valence-corrected chi connectivity index (χ0v) is 18.0. The zero-order valence-electron chi connectivity index (χ0n) is 18.0. The number of amides is 2. The predicted octanol–water partition coefficient (Wildman–Crippen LogP) is 4.53. The molecule has 0 spiro atoms. The van der Waals surface area contributed by atoms with Crippen molar-refractivity contribution in [3.8, 4) is 5.75 Å². The normalized spacial score (nSPS) is 24.7. The maximum absolute atomic E-state index is 13.9. The molecule has 2 aliphatic rings. The molecular weight excluding hydrogens is 404 g/mol. The Labute approximate surface area is 186 Å². The summed E-state index contributed by atoms with van der Waals surface area (Å²) in [5.41, 5.74) is 1.13. The molecule has 2 amide bonds. The van der Waals surface area contributed by atoms with Crippen molar-refractivity contribution >= 4 is 23.2 Å². The summed E-state index contributed by atoms with van der Waals surface area (Å²) >= 11 is 0. The minimum Gasteiger partial charge on any atom is -0.494 e. The fraction of sp³-hybridized carbons (Fsp3) is 0.231. The molecule has 0 bridgehead atoms. The Morgan fingerprint density at radius 2 is 1.50 bits per heavy atom. The van der Waals surface area contributed by atoms with Gasteiger partial charge in [-0.3, -0.25) is 14.4 Å². The summed E-state index contributed by atoms with van der Waals surface area (Å²) in [7, 11) is 0. The van der Waals surface area contributed by atoms with Gasteiger partial charge in [0, 0.05) is 0 Å². The molecule has 6 heteroatoms. The number of para-hydroxylation sites is 1. The number of carbonyl (C=O) groups excluding carboxylic acids is 2. The van der Waals surface area contributed by atoms with Crippen LogP contribution in [0.25, 0.3) is 0 Å². The van der Waals surface area contributed by atoms with Crippen molar-refractivity contribution < 1.29 is 19.2 Å². The fourth-order valence-electron chi connectivity index (χ4n) is 4.66. The lowest BCUT2D eigenvalue weighted by Gasteiger charge is -2.32. The van der Waals surface area contributed by atoms with Crippen LogP contribution in [-0.2, 0) is 14.4 Å². The van der Waals surface area contributed by atoms with Crippen LogP contribution in [0.3, 0.4) is 0 Å². The smallest absolute Gasteiger partial charge is 0.266 e. The Hall–Kier alpha value is -3.64. The van der Waals surface area contributed by atoms with E-state index in [1.54, 1.807) is 29.3 Å². The Morgan fingerprint density at radius 1 is 0.875 bits per heavy atom. The second kappa shape index (κ2) is 7.80. The van der Waals surface area contributed by atoms with Crippen molar-refractivity contribution in [2.24, 2.45) is 5.41 Å². The van der Waals surface area contributed by atoms with Crippen molar-refractivity contribution in [2.45, 2.75) is 26.0 Å². The van der Waals surface area contributed by atoms with Gasteiger partial charge in [0.05, 0.1) is 24.0 Å². The van der Waals surface area contributed by atoms with Gasteiger partial charge < -0.3 is 4.74 Å². The van der Waals surface area contributed by atoms with E-state index in [0.717, 1.165) is 11.3 Å². The summed E-state index contributed by atoms with van der Waals surface area (Å²) in [6, 6.07) is 25.8. The lowest BCUT2D eigenvalue weighted by atomic mass is 9.76. The highest BCUT2D eigenvalue weighted by Gasteiger charge is 2.68. The van der Waals surface area contributed by atoms with Crippen LogP contribution in [0, 0.1) is 5.41 Å². The molecule has 3 unspecified atom stereocenters. The Kier molecular flexibility index (Phi) is 4.94. The highest BCUT2D eigenvalue weighted by molar-refractivity contribution is 6.25. The number of hydroxylamine groups is 1. The van der Waals surface area contributed by atoms with Crippen molar-refractivity contribution in [2.75, 3.05) is 16.6 Å². The van der Waals surface area contributed by atoms with Gasteiger partial charge in [0.1, 0.15) is 11.2 Å². The zero-order chi connectivity index (χ0) is 22.3. The van der Waals surface area contributed by atoms with E-state index >= 15 is 0 Å². The molecule has 2 saturated heterocycles. The Bertz CT molecular complexity index is 1130. The van der Waals surface area contributed by atoms with E-state index in [-0.39, 0.29) is 11.8 Å². The van der Waals surface area contributed by atoms with Crippen LogP contribution < -0.4 is 14.7 Å². The molecular formula is C26H24N2O4. The van der Waals surface area contributed by atoms with E-state index < -0.39 is 17.6 Å². The number of ether oxygens (including phenoxy) is 1. The van der Waals surface area contributed by atoms with Gasteiger partial charge in [-0.05, 0) is 55.8 Å². The maximum Gasteiger partial charge on any atom is 0.266 e. The average Bonchev–Trinajstić information content (AvgIpc) is 3.24. The number of rotatable bonds is 5. The van der Waals surface area contributed by atoms with Crippen LogP contribution in [0.1, 0.15) is 25.5 Å². The summed E-state index contributed by atoms with van der Waals surface area (Å²) in [6.07, 6.45) is -0.924. The molecule has 32 heavy (non-hydrogen) atoms. The number of fused-ring (bicyclic) bond motifs is 1. The van der Waals surface area contributed by atoms with Gasteiger partial charge in [-0.15, -0.1) is 0 Å². The second-order valence-corrected chi connectivity index (χ2v) is 8.15. The molecule has 0 aliphatic carbocycles. The summed E-state index contributed by atoms with van der Waals surface area (Å²) in [4.78, 5) is 34.8. The molecule has 6 nitrogen and oxygen atoms in total. The quantitative estimate of drug-likeness (QED) is 0.559. The summed E-state index contributed by atoms with van der Waals surface area (Å²) in [5.74, 6) is 0.0559. The molecule has 2 heterocycles. The van der Waals surface area contributed by atoms with Crippen LogP contribution in [0.2, 0.25) is 0 Å². The van der Waals surface area contributed by atoms with Crippen LogP contribution in [0.5, 0.6) is 5.75 Å². The lowest BCUT2D eigenvalue weighted by Crippen LogP contribution is -2.41. The third kappa shape index (κ3) is 2.99. The molecule has 0 radical (unpaired) electrons. The number of hydrogen-bond acceptors (Lipinski definition) is 5. The average molecular weight is 428 g/mol. The predicted molar refractivity (Wildman–Crippen MR) is 121 cm³/mol. The first-order chi connectivity index (χ1) is 15.6. The molecule has 3 aromatic rings. The van der Waals surface area contributed by atoms with Crippen molar-refractivity contribution in [3.63, 3.8) is 0 Å². The lowest BCUT2D eigenvalue weighted by molar-refractivity contribution is -0.128. The number of nitrogens with zero attached hydrogens (tertiary/aromatic N) is 2. The third-order valence-electron chi connectivity index (χ3n) is 6.21. The van der Waals surface area contributed by atoms with Crippen molar-refractivity contribution in [3.05, 3.63) is 90.5 Å². The summed E-state index contributed by atoms with van der Waals surface area (Å²) < 4.78 is 5.49. The standard InChI is InChI=1S/C26H24N2O4/c1-3-31-21-16-14-19(15-17-21)27-24(29)23-26(2,25(27)30)22(18-10-6-4-7-11-18)28(32-23)20-12-8-5-9-13-20/h4-17,22-23H,3H2,1-2H3. The molecule has 162 valence electrons. The molecule has 0 aromatic heterocycles. The van der Waals surface area contributed by atoms with Crippen LogP contribution in [-0.4, -0.2) is 24.5 Å². The summed E-state index contributed by atoms with van der Waals surface area (Å²) in [6.45, 7) is 4.28. The van der Waals surface area contributed by atoms with E-state index in [1.807, 2.05) is 74.5 Å². The minimum absolute atomic E-state index is 0.274. The fourth-order valence-corrected chi connectivity index (χ4v) is 4.66. The van der Waals surface area contributed by atoms with E-state index in [9.17, 15) is 9.59 Å². The number of anilines is 2. The van der Waals surface area contributed by atoms with Gasteiger partial charge in [0.25, 0.3) is 5.91 Å². The highest BCUT2D eigenvalue weighted by Crippen LogP contribution is 2.55. The molecule has 2 fully saturated rings. The first-order valence-corrected chi connectivity index (χ1v) is 10.7. The first kappa shape index (κ1) is 20.3. The largest absolute Gasteiger partial charge is 0.494 e. The molecule has 3 aromatic carbocycles. The highest BCUT2D eigenvalue weighted by atomic mass is 16.7. The van der Waals surface area contributed by atoms with Gasteiger partial charge in [0.2, 0.25) is 5.91 Å². The summed E-state index contributed by atoms with van der Waals surface area (Å²) in [5, 5.41) is 1.71. The third-order valence-corrected chi connectivity index (χ3v) is 6.21. The van der Waals surface area contributed by atoms with E-state index in [2.05, 4.69) is 0 Å². The number of carbonyl (C=O) groups is 2. The van der Waals surface area contributed by atoms with Crippen molar-refractivity contribution in [1.29, 1.82) is 0 Å². The molecule has 2 aliphatic heterocycles. The topological polar surface area (TPSA) is 59.1 Å². The number of imide groups is 1. The first-order valence-electron chi connectivity index (χ1n) is 10.7. The van der Waals surface area contributed by atoms with Gasteiger partial charge in [-0.2, -0.15) is 0 Å². The molecule has 3 atom stereocenters. The SMILES string of the molecule is CCOc1ccc(N2C(=O)C3ON(c4ccccc4)C(c4ccccc4)C3(C)C2=O)cc1. The van der Waals surface area contributed by atoms with Gasteiger partial charge >= 0.3 is 0 Å². The Morgan fingerprint density at radius 3 is 2.12 bits per heavy atom. The Balaban J connectivity index is 1.57.